The number of fused-ring (bicyclic) bond motifs is 1. The number of hydrogen-bond acceptors (Lipinski definition) is 4. The number of benzene rings is 1. The van der Waals surface area contributed by atoms with Gasteiger partial charge in [0.25, 0.3) is 0 Å². The van der Waals surface area contributed by atoms with Crippen molar-refractivity contribution in [2.24, 2.45) is 5.16 Å². The van der Waals surface area contributed by atoms with Gasteiger partial charge in [0.15, 0.2) is 5.60 Å². The van der Waals surface area contributed by atoms with Gasteiger partial charge in [0, 0.05) is 22.0 Å². The Morgan fingerprint density at radius 3 is 2.50 bits per heavy atom. The Hall–Kier alpha value is -1.56. The van der Waals surface area contributed by atoms with E-state index in [4.69, 9.17) is 28.0 Å². The lowest BCUT2D eigenvalue weighted by atomic mass is 9.87. The van der Waals surface area contributed by atoms with Gasteiger partial charge in [-0.15, -0.1) is 11.3 Å². The molecule has 7 heteroatoms. The van der Waals surface area contributed by atoms with Crippen molar-refractivity contribution in [3.8, 4) is 0 Å². The molecule has 2 aliphatic rings. The topological polar surface area (TPSA) is 58.9 Å². The van der Waals surface area contributed by atoms with Crippen LogP contribution < -0.4 is 0 Å². The summed E-state index contributed by atoms with van der Waals surface area (Å²) in [4.78, 5) is 18.8. The highest BCUT2D eigenvalue weighted by Crippen LogP contribution is 2.42. The van der Waals surface area contributed by atoms with E-state index < -0.39 is 11.6 Å². The fourth-order valence-corrected chi connectivity index (χ4v) is 5.45. The van der Waals surface area contributed by atoms with Crippen LogP contribution in [0.15, 0.2) is 23.4 Å². The summed E-state index contributed by atoms with van der Waals surface area (Å²) in [5.74, 6) is -0.858. The number of thiophene rings is 1. The second kappa shape index (κ2) is 6.55. The van der Waals surface area contributed by atoms with Crippen molar-refractivity contribution in [2.45, 2.75) is 44.6 Å². The molecule has 0 amide bonds. The average Bonchev–Trinajstić information content (AvgIpc) is 3.16. The van der Waals surface area contributed by atoms with E-state index in [1.165, 1.54) is 11.3 Å². The van der Waals surface area contributed by atoms with E-state index in [-0.39, 0.29) is 0 Å². The van der Waals surface area contributed by atoms with Gasteiger partial charge in [0.2, 0.25) is 0 Å². The van der Waals surface area contributed by atoms with Gasteiger partial charge >= 0.3 is 5.97 Å². The smallest absolute Gasteiger partial charge is 0.346 e. The molecular formula is C19H17Cl2NO3S. The molecule has 0 saturated carbocycles. The zero-order valence-electron chi connectivity index (χ0n) is 14.1. The summed E-state index contributed by atoms with van der Waals surface area (Å²) in [5.41, 5.74) is 3.11. The lowest BCUT2D eigenvalue weighted by Crippen LogP contribution is -2.22. The molecule has 0 saturated heterocycles. The van der Waals surface area contributed by atoms with Gasteiger partial charge < -0.3 is 9.94 Å². The molecule has 1 aromatic heterocycles. The third kappa shape index (κ3) is 3.02. The molecule has 2 aromatic rings. The van der Waals surface area contributed by atoms with Gasteiger partial charge in [-0.1, -0.05) is 28.4 Å². The van der Waals surface area contributed by atoms with Crippen molar-refractivity contribution >= 4 is 46.2 Å². The van der Waals surface area contributed by atoms with Crippen LogP contribution in [-0.2, 0) is 23.3 Å². The number of nitrogens with zero attached hydrogens (tertiary/aromatic N) is 1. The summed E-state index contributed by atoms with van der Waals surface area (Å²) in [6.45, 7) is 1.95. The van der Waals surface area contributed by atoms with Crippen LogP contribution >= 0.6 is 34.5 Å². The normalized spacial score (nSPS) is 21.9. The number of carboxylic acid groups (broad SMARTS) is 1. The van der Waals surface area contributed by atoms with Crippen LogP contribution in [0.3, 0.4) is 0 Å². The van der Waals surface area contributed by atoms with Crippen LogP contribution in [0.25, 0.3) is 0 Å². The third-order valence-electron chi connectivity index (χ3n) is 5.01. The summed E-state index contributed by atoms with van der Waals surface area (Å²) >= 11 is 13.6. The molecule has 1 aromatic carbocycles. The Labute approximate surface area is 165 Å². The molecule has 1 aliphatic heterocycles. The molecule has 1 aliphatic carbocycles. The lowest BCUT2D eigenvalue weighted by Gasteiger charge is -2.22. The van der Waals surface area contributed by atoms with E-state index in [1.807, 2.05) is 19.1 Å². The number of carbonyl (C=O) groups is 1. The molecule has 0 bridgehead atoms. The van der Waals surface area contributed by atoms with Crippen molar-refractivity contribution in [2.75, 3.05) is 0 Å². The molecule has 1 atom stereocenters. The second-order valence-electron chi connectivity index (χ2n) is 6.92. The molecule has 0 fully saturated rings. The molecule has 4 nitrogen and oxygen atoms in total. The fourth-order valence-electron chi connectivity index (χ4n) is 3.71. The van der Waals surface area contributed by atoms with Gasteiger partial charge in [-0.2, -0.15) is 0 Å². The minimum absolute atomic E-state index is 0.441. The summed E-state index contributed by atoms with van der Waals surface area (Å²) < 4.78 is 0. The van der Waals surface area contributed by atoms with Crippen LogP contribution in [0.2, 0.25) is 10.0 Å². The maximum Gasteiger partial charge on any atom is 0.346 e. The second-order valence-corrected chi connectivity index (χ2v) is 8.82. The molecule has 136 valence electrons. The van der Waals surface area contributed by atoms with E-state index in [1.54, 1.807) is 6.07 Å². The summed E-state index contributed by atoms with van der Waals surface area (Å²) in [6, 6.07) is 5.35. The standard InChI is InChI=1S/C19H17Cl2NO3S/c1-19(10-6-11(20)8-12(21)7-10)9-15(22-25-19)16-13-4-2-3-5-14(13)17(26-16)18(23)24/h6-8H,2-5,9H2,1H3,(H,23,24). The SMILES string of the molecule is CC1(c2cc(Cl)cc(Cl)c2)CC(c2sc(C(=O)O)c3c2CCCC3)=NO1. The molecule has 26 heavy (non-hydrogen) atoms. The van der Waals surface area contributed by atoms with Crippen LogP contribution in [0.4, 0.5) is 0 Å². The van der Waals surface area contributed by atoms with E-state index in [0.29, 0.717) is 21.3 Å². The first kappa shape index (κ1) is 17.8. The number of carboxylic acids is 1. The molecule has 2 heterocycles. The van der Waals surface area contributed by atoms with Crippen LogP contribution in [0.5, 0.6) is 0 Å². The summed E-state index contributed by atoms with van der Waals surface area (Å²) in [5, 5.41) is 15.0. The first-order chi connectivity index (χ1) is 12.4. The molecule has 1 unspecified atom stereocenters. The van der Waals surface area contributed by atoms with Gasteiger partial charge in [-0.25, -0.2) is 4.79 Å². The first-order valence-corrected chi connectivity index (χ1v) is 10.0. The lowest BCUT2D eigenvalue weighted by molar-refractivity contribution is -0.00737. The number of oxime groups is 1. The van der Waals surface area contributed by atoms with Crippen molar-refractivity contribution in [1.82, 2.24) is 0 Å². The number of halogens is 2. The van der Waals surface area contributed by atoms with Gasteiger partial charge in [-0.3, -0.25) is 0 Å². The Kier molecular flexibility index (Phi) is 4.49. The van der Waals surface area contributed by atoms with E-state index in [9.17, 15) is 9.90 Å². The van der Waals surface area contributed by atoms with Crippen molar-refractivity contribution < 1.29 is 14.7 Å². The average molecular weight is 410 g/mol. The monoisotopic (exact) mass is 409 g/mol. The van der Waals surface area contributed by atoms with E-state index in [2.05, 4.69) is 5.16 Å². The van der Waals surface area contributed by atoms with Crippen molar-refractivity contribution in [1.29, 1.82) is 0 Å². The molecular weight excluding hydrogens is 393 g/mol. The zero-order chi connectivity index (χ0) is 18.5. The minimum Gasteiger partial charge on any atom is -0.477 e. The Morgan fingerprint density at radius 2 is 1.85 bits per heavy atom. The summed E-state index contributed by atoms with van der Waals surface area (Å²) in [6.07, 6.45) is 4.38. The Bertz CT molecular complexity index is 917. The molecule has 0 spiro atoms. The third-order valence-corrected chi connectivity index (χ3v) is 6.76. The van der Waals surface area contributed by atoms with Gasteiger partial charge in [0.05, 0.1) is 4.88 Å². The van der Waals surface area contributed by atoms with Crippen molar-refractivity contribution in [3.63, 3.8) is 0 Å². The number of rotatable bonds is 3. The van der Waals surface area contributed by atoms with Crippen LogP contribution in [0.1, 0.15) is 57.4 Å². The Balaban J connectivity index is 1.70. The quantitative estimate of drug-likeness (QED) is 0.709. The zero-order valence-corrected chi connectivity index (χ0v) is 16.5. The summed E-state index contributed by atoms with van der Waals surface area (Å²) in [7, 11) is 0. The van der Waals surface area contributed by atoms with Gasteiger partial charge in [0.1, 0.15) is 10.6 Å². The fraction of sp³-hybridized carbons (Fsp3) is 0.368. The highest BCUT2D eigenvalue weighted by atomic mass is 35.5. The molecule has 4 rings (SSSR count). The predicted octanol–water partition coefficient (Wildman–Crippen LogP) is 5.67. The van der Waals surface area contributed by atoms with E-state index >= 15 is 0 Å². The molecule has 1 N–H and O–H groups in total. The largest absolute Gasteiger partial charge is 0.477 e. The Morgan fingerprint density at radius 1 is 1.19 bits per heavy atom. The van der Waals surface area contributed by atoms with Crippen LogP contribution in [0, 0.1) is 0 Å². The highest BCUT2D eigenvalue weighted by molar-refractivity contribution is 7.16. The molecule has 0 radical (unpaired) electrons. The van der Waals surface area contributed by atoms with Crippen molar-refractivity contribution in [3.05, 3.63) is 54.7 Å². The van der Waals surface area contributed by atoms with E-state index in [0.717, 1.165) is 53.0 Å². The maximum absolute atomic E-state index is 11.6. The number of hydrogen-bond donors (Lipinski definition) is 1. The maximum atomic E-state index is 11.6. The highest BCUT2D eigenvalue weighted by Gasteiger charge is 2.39. The first-order valence-electron chi connectivity index (χ1n) is 8.47. The minimum atomic E-state index is -0.858. The predicted molar refractivity (Wildman–Crippen MR) is 104 cm³/mol. The number of aromatic carboxylic acids is 1. The van der Waals surface area contributed by atoms with Crippen LogP contribution in [-0.4, -0.2) is 16.8 Å². The van der Waals surface area contributed by atoms with Gasteiger partial charge in [-0.05, 0) is 61.9 Å².